The molecule has 1 saturated heterocycles. The zero-order valence-electron chi connectivity index (χ0n) is 12.2. The zero-order chi connectivity index (χ0) is 14.7. The standard InChI is InChI=1S/C15H23BrN4/c1-3-20-9-7-11(8-10-20)19(2)13-6-4-5-12(16)14(13)15(17)18/h4-6,11H,3,7-10H2,1-2H3,(H3,17,18). The second-order valence-corrected chi connectivity index (χ2v) is 6.18. The fourth-order valence-electron chi connectivity index (χ4n) is 2.89. The summed E-state index contributed by atoms with van der Waals surface area (Å²) in [6.45, 7) is 5.64. The van der Waals surface area contributed by atoms with E-state index in [2.05, 4.69) is 39.7 Å². The molecule has 0 atom stereocenters. The molecule has 0 aromatic heterocycles. The molecule has 110 valence electrons. The summed E-state index contributed by atoms with van der Waals surface area (Å²) in [5, 5.41) is 7.80. The van der Waals surface area contributed by atoms with Gasteiger partial charge in [0, 0.05) is 36.3 Å². The first-order chi connectivity index (χ1) is 9.54. The Kier molecular flexibility index (Phi) is 5.05. The van der Waals surface area contributed by atoms with Gasteiger partial charge in [-0.15, -0.1) is 0 Å². The van der Waals surface area contributed by atoms with Crippen molar-refractivity contribution in [2.45, 2.75) is 25.8 Å². The van der Waals surface area contributed by atoms with Gasteiger partial charge in [0.2, 0.25) is 0 Å². The smallest absolute Gasteiger partial charge is 0.126 e. The Morgan fingerprint density at radius 1 is 1.45 bits per heavy atom. The van der Waals surface area contributed by atoms with E-state index in [0.717, 1.165) is 48.2 Å². The number of halogens is 1. The molecule has 2 rings (SSSR count). The fourth-order valence-corrected chi connectivity index (χ4v) is 3.46. The lowest BCUT2D eigenvalue weighted by Crippen LogP contribution is -2.43. The quantitative estimate of drug-likeness (QED) is 0.655. The Balaban J connectivity index is 2.20. The van der Waals surface area contributed by atoms with E-state index in [1.165, 1.54) is 0 Å². The number of hydrogen-bond acceptors (Lipinski definition) is 3. The number of nitrogen functional groups attached to an aromatic ring is 1. The number of likely N-dealkylation sites (tertiary alicyclic amines) is 1. The largest absolute Gasteiger partial charge is 0.384 e. The summed E-state index contributed by atoms with van der Waals surface area (Å²) >= 11 is 3.51. The Morgan fingerprint density at radius 3 is 2.65 bits per heavy atom. The minimum absolute atomic E-state index is 0.116. The van der Waals surface area contributed by atoms with E-state index in [0.29, 0.717) is 6.04 Å². The molecule has 0 amide bonds. The van der Waals surface area contributed by atoms with Gasteiger partial charge in [-0.05, 0) is 47.4 Å². The summed E-state index contributed by atoms with van der Waals surface area (Å²) in [5.74, 6) is 0.116. The van der Waals surface area contributed by atoms with Gasteiger partial charge < -0.3 is 15.5 Å². The van der Waals surface area contributed by atoms with E-state index < -0.39 is 0 Å². The zero-order valence-corrected chi connectivity index (χ0v) is 13.8. The van der Waals surface area contributed by atoms with Crippen molar-refractivity contribution in [2.24, 2.45) is 5.73 Å². The van der Waals surface area contributed by atoms with Crippen LogP contribution in [0.3, 0.4) is 0 Å². The Bertz CT molecular complexity index is 481. The topological polar surface area (TPSA) is 56.4 Å². The highest BCUT2D eigenvalue weighted by atomic mass is 79.9. The van der Waals surface area contributed by atoms with Crippen molar-refractivity contribution >= 4 is 27.5 Å². The monoisotopic (exact) mass is 338 g/mol. The predicted molar refractivity (Wildman–Crippen MR) is 88.7 cm³/mol. The maximum atomic E-state index is 7.80. The molecule has 1 aromatic carbocycles. The molecular formula is C15H23BrN4. The van der Waals surface area contributed by atoms with Crippen LogP contribution in [-0.4, -0.2) is 43.5 Å². The van der Waals surface area contributed by atoms with Gasteiger partial charge in [-0.1, -0.05) is 13.0 Å². The number of nitrogens with two attached hydrogens (primary N) is 1. The van der Waals surface area contributed by atoms with Crippen LogP contribution in [0.4, 0.5) is 5.69 Å². The number of anilines is 1. The highest BCUT2D eigenvalue weighted by Crippen LogP contribution is 2.30. The third-order valence-electron chi connectivity index (χ3n) is 4.19. The van der Waals surface area contributed by atoms with Crippen LogP contribution < -0.4 is 10.6 Å². The van der Waals surface area contributed by atoms with Gasteiger partial charge in [0.05, 0.1) is 5.56 Å². The van der Waals surface area contributed by atoms with E-state index in [1.807, 2.05) is 18.2 Å². The van der Waals surface area contributed by atoms with Crippen molar-refractivity contribution in [3.8, 4) is 0 Å². The molecular weight excluding hydrogens is 316 g/mol. The number of benzene rings is 1. The van der Waals surface area contributed by atoms with Crippen LogP contribution in [0.2, 0.25) is 0 Å². The van der Waals surface area contributed by atoms with Crippen molar-refractivity contribution in [3.05, 3.63) is 28.2 Å². The van der Waals surface area contributed by atoms with Crippen LogP contribution in [0.15, 0.2) is 22.7 Å². The van der Waals surface area contributed by atoms with Crippen molar-refractivity contribution in [2.75, 3.05) is 31.6 Å². The number of amidine groups is 1. The van der Waals surface area contributed by atoms with Crippen LogP contribution in [0.1, 0.15) is 25.3 Å². The molecule has 5 heteroatoms. The van der Waals surface area contributed by atoms with Gasteiger partial charge in [-0.3, -0.25) is 5.41 Å². The van der Waals surface area contributed by atoms with Crippen molar-refractivity contribution in [1.82, 2.24) is 4.90 Å². The third-order valence-corrected chi connectivity index (χ3v) is 4.85. The molecule has 20 heavy (non-hydrogen) atoms. The number of rotatable bonds is 4. The van der Waals surface area contributed by atoms with E-state index >= 15 is 0 Å². The summed E-state index contributed by atoms with van der Waals surface area (Å²) in [7, 11) is 2.11. The van der Waals surface area contributed by atoms with Crippen LogP contribution in [0.5, 0.6) is 0 Å². The molecule has 0 radical (unpaired) electrons. The molecule has 1 aliphatic rings. The lowest BCUT2D eigenvalue weighted by Gasteiger charge is -2.38. The second-order valence-electron chi connectivity index (χ2n) is 5.32. The van der Waals surface area contributed by atoms with Crippen LogP contribution in [0.25, 0.3) is 0 Å². The molecule has 1 heterocycles. The predicted octanol–water partition coefficient (Wildman–Crippen LogP) is 2.65. The summed E-state index contributed by atoms with van der Waals surface area (Å²) in [6.07, 6.45) is 2.32. The summed E-state index contributed by atoms with van der Waals surface area (Å²) in [4.78, 5) is 4.77. The molecule has 1 aliphatic heterocycles. The van der Waals surface area contributed by atoms with E-state index in [1.54, 1.807) is 0 Å². The first-order valence-electron chi connectivity index (χ1n) is 7.12. The molecule has 4 nitrogen and oxygen atoms in total. The lowest BCUT2D eigenvalue weighted by atomic mass is 10.0. The SMILES string of the molecule is CCN1CCC(N(C)c2cccc(Br)c2C(=N)N)CC1. The van der Waals surface area contributed by atoms with Gasteiger partial charge in [-0.2, -0.15) is 0 Å². The van der Waals surface area contributed by atoms with Crippen molar-refractivity contribution in [3.63, 3.8) is 0 Å². The maximum absolute atomic E-state index is 7.80. The molecule has 1 aromatic rings. The van der Waals surface area contributed by atoms with Gasteiger partial charge >= 0.3 is 0 Å². The molecule has 0 spiro atoms. The first kappa shape index (κ1) is 15.3. The van der Waals surface area contributed by atoms with E-state index in [9.17, 15) is 0 Å². The average molecular weight is 339 g/mol. The summed E-state index contributed by atoms with van der Waals surface area (Å²) < 4.78 is 0.889. The van der Waals surface area contributed by atoms with Gasteiger partial charge in [0.25, 0.3) is 0 Å². The minimum Gasteiger partial charge on any atom is -0.384 e. The van der Waals surface area contributed by atoms with Crippen LogP contribution in [0, 0.1) is 5.41 Å². The fraction of sp³-hybridized carbons (Fsp3) is 0.533. The van der Waals surface area contributed by atoms with Crippen LogP contribution >= 0.6 is 15.9 Å². The number of piperidine rings is 1. The highest BCUT2D eigenvalue weighted by molar-refractivity contribution is 9.10. The average Bonchev–Trinajstić information content (AvgIpc) is 2.46. The Hall–Kier alpha value is -1.07. The Labute approximate surface area is 129 Å². The summed E-state index contributed by atoms with van der Waals surface area (Å²) in [5.41, 5.74) is 7.59. The van der Waals surface area contributed by atoms with Crippen molar-refractivity contribution in [1.29, 1.82) is 5.41 Å². The maximum Gasteiger partial charge on any atom is 0.126 e. The molecule has 0 aliphatic carbocycles. The van der Waals surface area contributed by atoms with E-state index in [-0.39, 0.29) is 5.84 Å². The highest BCUT2D eigenvalue weighted by Gasteiger charge is 2.24. The molecule has 1 fully saturated rings. The second kappa shape index (κ2) is 6.59. The molecule has 0 bridgehead atoms. The lowest BCUT2D eigenvalue weighted by molar-refractivity contribution is 0.221. The normalized spacial score (nSPS) is 17.1. The van der Waals surface area contributed by atoms with Gasteiger partial charge in [0.15, 0.2) is 0 Å². The first-order valence-corrected chi connectivity index (χ1v) is 7.92. The van der Waals surface area contributed by atoms with E-state index in [4.69, 9.17) is 11.1 Å². The van der Waals surface area contributed by atoms with Gasteiger partial charge in [-0.25, -0.2) is 0 Å². The molecule has 0 unspecified atom stereocenters. The van der Waals surface area contributed by atoms with Crippen molar-refractivity contribution < 1.29 is 0 Å². The Morgan fingerprint density at radius 2 is 2.10 bits per heavy atom. The third kappa shape index (κ3) is 3.15. The number of nitrogens with one attached hydrogen (secondary N) is 1. The summed E-state index contributed by atoms with van der Waals surface area (Å²) in [6, 6.07) is 6.51. The molecule has 3 N–H and O–H groups in total. The number of hydrogen-bond donors (Lipinski definition) is 2. The minimum atomic E-state index is 0.116. The molecule has 0 saturated carbocycles. The number of nitrogens with zero attached hydrogens (tertiary/aromatic N) is 2. The van der Waals surface area contributed by atoms with Gasteiger partial charge in [0.1, 0.15) is 5.84 Å². The van der Waals surface area contributed by atoms with Crippen LogP contribution in [-0.2, 0) is 0 Å².